The Morgan fingerprint density at radius 3 is 2.87 bits per heavy atom. The molecule has 2 aromatic rings. The van der Waals surface area contributed by atoms with Crippen LogP contribution in [0.1, 0.15) is 18.3 Å². The van der Waals surface area contributed by atoms with Crippen LogP contribution in [-0.4, -0.2) is 9.55 Å². The fourth-order valence-electron chi connectivity index (χ4n) is 1.67. The lowest BCUT2D eigenvalue weighted by molar-refractivity contribution is 0.885. The van der Waals surface area contributed by atoms with Gasteiger partial charge in [0.05, 0.1) is 5.69 Å². The molecule has 3 heteroatoms. The van der Waals surface area contributed by atoms with Crippen molar-refractivity contribution in [3.8, 4) is 5.69 Å². The van der Waals surface area contributed by atoms with Crippen LogP contribution >= 0.6 is 11.6 Å². The summed E-state index contributed by atoms with van der Waals surface area (Å²) in [7, 11) is 0. The average molecular weight is 221 g/mol. The van der Waals surface area contributed by atoms with Crippen molar-refractivity contribution in [2.75, 3.05) is 0 Å². The predicted molar refractivity (Wildman–Crippen MR) is 62.5 cm³/mol. The van der Waals surface area contributed by atoms with E-state index in [2.05, 4.69) is 22.5 Å². The van der Waals surface area contributed by atoms with E-state index in [0.29, 0.717) is 5.88 Å². The van der Waals surface area contributed by atoms with Gasteiger partial charge < -0.3 is 4.57 Å². The van der Waals surface area contributed by atoms with Crippen molar-refractivity contribution in [2.45, 2.75) is 19.2 Å². The number of aryl methyl sites for hydroxylation is 1. The molecule has 0 N–H and O–H groups in total. The molecule has 0 unspecified atom stereocenters. The van der Waals surface area contributed by atoms with Gasteiger partial charge >= 0.3 is 0 Å². The van der Waals surface area contributed by atoms with Gasteiger partial charge in [0.2, 0.25) is 0 Å². The van der Waals surface area contributed by atoms with Gasteiger partial charge in [0.25, 0.3) is 0 Å². The SMILES string of the molecule is CCc1nccn1-c1ccccc1CCl. The van der Waals surface area contributed by atoms with Crippen molar-refractivity contribution in [2.24, 2.45) is 0 Å². The predicted octanol–water partition coefficient (Wildman–Crippen LogP) is 3.17. The largest absolute Gasteiger partial charge is 0.303 e. The van der Waals surface area contributed by atoms with E-state index in [-0.39, 0.29) is 0 Å². The molecule has 1 aromatic carbocycles. The van der Waals surface area contributed by atoms with Gasteiger partial charge in [-0.05, 0) is 11.6 Å². The molecule has 0 amide bonds. The molecule has 0 radical (unpaired) electrons. The van der Waals surface area contributed by atoms with Crippen LogP contribution in [0.2, 0.25) is 0 Å². The standard InChI is InChI=1S/C12H13ClN2/c1-2-12-14-7-8-15(12)11-6-4-3-5-10(11)9-13/h3-8H,2,9H2,1H3. The molecular weight excluding hydrogens is 208 g/mol. The number of para-hydroxylation sites is 1. The number of aromatic nitrogens is 2. The molecule has 0 saturated heterocycles. The lowest BCUT2D eigenvalue weighted by atomic mass is 10.2. The van der Waals surface area contributed by atoms with Crippen LogP contribution in [-0.2, 0) is 12.3 Å². The Hall–Kier alpha value is -1.28. The van der Waals surface area contributed by atoms with Crippen molar-refractivity contribution in [3.05, 3.63) is 48.0 Å². The number of rotatable bonds is 3. The highest BCUT2D eigenvalue weighted by Crippen LogP contribution is 2.18. The molecule has 1 heterocycles. The van der Waals surface area contributed by atoms with Gasteiger partial charge in [-0.3, -0.25) is 0 Å². The van der Waals surface area contributed by atoms with Crippen LogP contribution in [0.25, 0.3) is 5.69 Å². The third kappa shape index (κ3) is 1.90. The molecule has 0 saturated carbocycles. The maximum absolute atomic E-state index is 5.91. The number of imidazole rings is 1. The highest BCUT2D eigenvalue weighted by Gasteiger charge is 2.06. The molecule has 2 rings (SSSR count). The smallest absolute Gasteiger partial charge is 0.112 e. The summed E-state index contributed by atoms with van der Waals surface area (Å²) in [5.74, 6) is 1.59. The highest BCUT2D eigenvalue weighted by molar-refractivity contribution is 6.17. The van der Waals surface area contributed by atoms with E-state index in [4.69, 9.17) is 11.6 Å². The summed E-state index contributed by atoms with van der Waals surface area (Å²) in [6.45, 7) is 2.10. The lowest BCUT2D eigenvalue weighted by Crippen LogP contribution is -2.01. The second-order valence-corrected chi connectivity index (χ2v) is 3.60. The average Bonchev–Trinajstić information content (AvgIpc) is 2.76. The molecule has 0 aliphatic rings. The van der Waals surface area contributed by atoms with Gasteiger partial charge in [-0.15, -0.1) is 11.6 Å². The maximum atomic E-state index is 5.91. The van der Waals surface area contributed by atoms with Crippen molar-refractivity contribution < 1.29 is 0 Å². The van der Waals surface area contributed by atoms with Crippen molar-refractivity contribution >= 4 is 11.6 Å². The first-order valence-electron chi connectivity index (χ1n) is 5.03. The first kappa shape index (κ1) is 10.2. The quantitative estimate of drug-likeness (QED) is 0.727. The minimum Gasteiger partial charge on any atom is -0.303 e. The van der Waals surface area contributed by atoms with Gasteiger partial charge in [0, 0.05) is 24.7 Å². The Morgan fingerprint density at radius 1 is 1.33 bits per heavy atom. The second kappa shape index (κ2) is 4.49. The lowest BCUT2D eigenvalue weighted by Gasteiger charge is -2.10. The summed E-state index contributed by atoms with van der Waals surface area (Å²) in [5.41, 5.74) is 2.26. The van der Waals surface area contributed by atoms with Crippen LogP contribution in [0, 0.1) is 0 Å². The maximum Gasteiger partial charge on any atom is 0.112 e. The summed E-state index contributed by atoms with van der Waals surface area (Å²) in [6, 6.07) is 8.13. The molecular formula is C12H13ClN2. The van der Waals surface area contributed by atoms with Crippen LogP contribution < -0.4 is 0 Å². The number of alkyl halides is 1. The van der Waals surface area contributed by atoms with Gasteiger partial charge in [-0.25, -0.2) is 4.98 Å². The number of hydrogen-bond acceptors (Lipinski definition) is 1. The van der Waals surface area contributed by atoms with Crippen LogP contribution in [0.3, 0.4) is 0 Å². The van der Waals surface area contributed by atoms with Crippen molar-refractivity contribution in [1.82, 2.24) is 9.55 Å². The molecule has 0 aliphatic carbocycles. The van der Waals surface area contributed by atoms with E-state index < -0.39 is 0 Å². The number of benzene rings is 1. The van der Waals surface area contributed by atoms with Crippen molar-refractivity contribution in [3.63, 3.8) is 0 Å². The molecule has 0 fully saturated rings. The zero-order valence-corrected chi connectivity index (χ0v) is 9.41. The third-order valence-corrected chi connectivity index (χ3v) is 2.72. The molecule has 15 heavy (non-hydrogen) atoms. The van der Waals surface area contributed by atoms with Crippen LogP contribution in [0.15, 0.2) is 36.7 Å². The van der Waals surface area contributed by atoms with Gasteiger partial charge in [-0.2, -0.15) is 0 Å². The summed E-state index contributed by atoms with van der Waals surface area (Å²) in [6.07, 6.45) is 4.72. The van der Waals surface area contributed by atoms with E-state index in [1.54, 1.807) is 0 Å². The number of hydrogen-bond donors (Lipinski definition) is 0. The second-order valence-electron chi connectivity index (χ2n) is 3.33. The highest BCUT2D eigenvalue weighted by atomic mass is 35.5. The Kier molecular flexibility index (Phi) is 3.07. The number of halogens is 1. The van der Waals surface area contributed by atoms with Gasteiger partial charge in [0.15, 0.2) is 0 Å². The topological polar surface area (TPSA) is 17.8 Å². The van der Waals surface area contributed by atoms with Gasteiger partial charge in [-0.1, -0.05) is 25.1 Å². The van der Waals surface area contributed by atoms with Gasteiger partial charge in [0.1, 0.15) is 5.82 Å². The van der Waals surface area contributed by atoms with E-state index in [1.807, 2.05) is 30.6 Å². The van der Waals surface area contributed by atoms with Crippen LogP contribution in [0.5, 0.6) is 0 Å². The van der Waals surface area contributed by atoms with E-state index in [0.717, 1.165) is 23.5 Å². The first-order valence-corrected chi connectivity index (χ1v) is 5.56. The molecule has 0 spiro atoms. The van der Waals surface area contributed by atoms with E-state index >= 15 is 0 Å². The fourth-order valence-corrected chi connectivity index (χ4v) is 1.90. The normalized spacial score (nSPS) is 10.5. The minimum absolute atomic E-state index is 0.525. The first-order chi connectivity index (χ1) is 7.36. The summed E-state index contributed by atoms with van der Waals surface area (Å²) in [4.78, 5) is 4.31. The Balaban J connectivity index is 2.53. The molecule has 1 aromatic heterocycles. The molecule has 0 aliphatic heterocycles. The van der Waals surface area contributed by atoms with Crippen LogP contribution in [0.4, 0.5) is 0 Å². The Morgan fingerprint density at radius 2 is 2.13 bits per heavy atom. The van der Waals surface area contributed by atoms with Crippen molar-refractivity contribution in [1.29, 1.82) is 0 Å². The zero-order chi connectivity index (χ0) is 10.7. The Bertz CT molecular complexity index is 448. The third-order valence-electron chi connectivity index (χ3n) is 2.43. The minimum atomic E-state index is 0.525. The Labute approximate surface area is 94.5 Å². The summed E-state index contributed by atoms with van der Waals surface area (Å²) >= 11 is 5.91. The molecule has 0 atom stereocenters. The zero-order valence-electron chi connectivity index (χ0n) is 8.65. The van der Waals surface area contributed by atoms with E-state index in [1.165, 1.54) is 0 Å². The fraction of sp³-hybridized carbons (Fsp3) is 0.250. The van der Waals surface area contributed by atoms with E-state index in [9.17, 15) is 0 Å². The number of nitrogens with zero attached hydrogens (tertiary/aromatic N) is 2. The summed E-state index contributed by atoms with van der Waals surface area (Å²) in [5, 5.41) is 0. The summed E-state index contributed by atoms with van der Waals surface area (Å²) < 4.78 is 2.09. The molecule has 2 nitrogen and oxygen atoms in total. The molecule has 0 bridgehead atoms. The monoisotopic (exact) mass is 220 g/mol. The molecule has 78 valence electrons.